The van der Waals surface area contributed by atoms with Crippen LogP contribution in [0.3, 0.4) is 0 Å². The Morgan fingerprint density at radius 1 is 1.23 bits per heavy atom. The first kappa shape index (κ1) is 16.8. The summed E-state index contributed by atoms with van der Waals surface area (Å²) in [4.78, 5) is 26.8. The van der Waals surface area contributed by atoms with E-state index in [1.807, 2.05) is 17.0 Å². The topological polar surface area (TPSA) is 101 Å². The fourth-order valence-corrected chi connectivity index (χ4v) is 3.72. The zero-order valence-electron chi connectivity index (χ0n) is 14.0. The maximum absolute atomic E-state index is 12.7. The first-order valence-corrected chi connectivity index (χ1v) is 9.40. The van der Waals surface area contributed by atoms with Crippen molar-refractivity contribution >= 4 is 17.7 Å². The van der Waals surface area contributed by atoms with Crippen LogP contribution < -0.4 is 0 Å². The van der Waals surface area contributed by atoms with Gasteiger partial charge in [0.2, 0.25) is 0 Å². The summed E-state index contributed by atoms with van der Waals surface area (Å²) in [7, 11) is 0. The number of piperidine rings is 1. The van der Waals surface area contributed by atoms with Crippen molar-refractivity contribution < 1.29 is 9.21 Å². The molecule has 1 aliphatic heterocycles. The number of carbonyl (C=O) groups excluding carboxylic acids is 1. The van der Waals surface area contributed by atoms with Crippen LogP contribution in [0.1, 0.15) is 40.8 Å². The highest BCUT2D eigenvalue weighted by Gasteiger charge is 2.26. The van der Waals surface area contributed by atoms with Crippen molar-refractivity contribution in [1.82, 2.24) is 30.0 Å². The molecule has 0 radical (unpaired) electrons. The molecule has 0 unspecified atom stereocenters. The molecule has 134 valence electrons. The van der Waals surface area contributed by atoms with Crippen LogP contribution in [-0.2, 0) is 5.75 Å². The second-order valence-corrected chi connectivity index (χ2v) is 7.01. The lowest BCUT2D eigenvalue weighted by Crippen LogP contribution is -2.37. The van der Waals surface area contributed by atoms with E-state index in [1.165, 1.54) is 18.1 Å². The summed E-state index contributed by atoms with van der Waals surface area (Å²) in [5.74, 6) is 2.05. The molecule has 26 heavy (non-hydrogen) atoms. The number of amides is 1. The van der Waals surface area contributed by atoms with Crippen molar-refractivity contribution in [1.29, 1.82) is 0 Å². The molecular formula is C17H18N6O2S. The normalized spacial score (nSPS) is 15.3. The van der Waals surface area contributed by atoms with E-state index in [2.05, 4.69) is 25.1 Å². The quantitative estimate of drug-likeness (QED) is 0.689. The number of furan rings is 1. The second-order valence-electron chi connectivity index (χ2n) is 6.05. The standard InChI is InChI=1S/C17H18N6O2S/c24-16(15-2-1-13(25-15)9-26-17-20-11-21-22-17)23-7-4-12(5-8-23)14-3-6-18-10-19-14/h1-3,6,10-12H,4-5,7-9H2,(H,20,21,22). The van der Waals surface area contributed by atoms with Crippen LogP contribution in [0.2, 0.25) is 0 Å². The van der Waals surface area contributed by atoms with Gasteiger partial charge in [-0.15, -0.1) is 0 Å². The van der Waals surface area contributed by atoms with Gasteiger partial charge in [0.1, 0.15) is 18.4 Å². The Morgan fingerprint density at radius 2 is 2.12 bits per heavy atom. The number of likely N-dealkylation sites (tertiary alicyclic amines) is 1. The van der Waals surface area contributed by atoms with Crippen molar-refractivity contribution in [2.24, 2.45) is 0 Å². The molecule has 0 aliphatic carbocycles. The van der Waals surface area contributed by atoms with Crippen molar-refractivity contribution in [3.63, 3.8) is 0 Å². The summed E-state index contributed by atoms with van der Waals surface area (Å²) >= 11 is 1.48. The molecule has 0 spiro atoms. The van der Waals surface area contributed by atoms with E-state index in [0.717, 1.165) is 29.5 Å². The van der Waals surface area contributed by atoms with E-state index in [4.69, 9.17) is 4.42 Å². The Labute approximate surface area is 154 Å². The monoisotopic (exact) mass is 370 g/mol. The lowest BCUT2D eigenvalue weighted by molar-refractivity contribution is 0.0678. The van der Waals surface area contributed by atoms with Gasteiger partial charge in [0, 0.05) is 30.9 Å². The molecule has 0 aromatic carbocycles. The lowest BCUT2D eigenvalue weighted by atomic mass is 9.93. The van der Waals surface area contributed by atoms with Gasteiger partial charge in [0.25, 0.3) is 5.91 Å². The van der Waals surface area contributed by atoms with Crippen LogP contribution in [0.4, 0.5) is 0 Å². The first-order valence-electron chi connectivity index (χ1n) is 8.41. The van der Waals surface area contributed by atoms with E-state index in [1.54, 1.807) is 18.6 Å². The maximum atomic E-state index is 12.7. The number of thioether (sulfide) groups is 1. The molecule has 9 heteroatoms. The molecule has 3 aromatic rings. The zero-order chi connectivity index (χ0) is 17.8. The van der Waals surface area contributed by atoms with Crippen LogP contribution in [-0.4, -0.2) is 49.0 Å². The molecule has 3 aromatic heterocycles. The Balaban J connectivity index is 1.32. The molecule has 0 saturated carbocycles. The molecule has 1 saturated heterocycles. The predicted octanol–water partition coefficient (Wildman–Crippen LogP) is 2.50. The summed E-state index contributed by atoms with van der Waals surface area (Å²) in [5.41, 5.74) is 1.05. The largest absolute Gasteiger partial charge is 0.455 e. The maximum Gasteiger partial charge on any atom is 0.289 e. The van der Waals surface area contributed by atoms with Gasteiger partial charge in [-0.05, 0) is 31.0 Å². The number of hydrogen-bond donors (Lipinski definition) is 1. The fraction of sp³-hybridized carbons (Fsp3) is 0.353. The summed E-state index contributed by atoms with van der Waals surface area (Å²) in [6, 6.07) is 5.53. The van der Waals surface area contributed by atoms with Gasteiger partial charge in [-0.2, -0.15) is 5.10 Å². The Kier molecular flexibility index (Phi) is 4.96. The molecule has 8 nitrogen and oxygen atoms in total. The van der Waals surface area contributed by atoms with Crippen LogP contribution >= 0.6 is 11.8 Å². The number of aromatic amines is 1. The zero-order valence-corrected chi connectivity index (χ0v) is 14.9. The number of aromatic nitrogens is 5. The van der Waals surface area contributed by atoms with Crippen molar-refractivity contribution in [2.75, 3.05) is 13.1 Å². The third-order valence-corrected chi connectivity index (χ3v) is 5.32. The van der Waals surface area contributed by atoms with E-state index in [9.17, 15) is 4.79 Å². The van der Waals surface area contributed by atoms with E-state index in [-0.39, 0.29) is 5.91 Å². The van der Waals surface area contributed by atoms with Gasteiger partial charge in [0.15, 0.2) is 10.9 Å². The van der Waals surface area contributed by atoms with Gasteiger partial charge in [-0.25, -0.2) is 15.0 Å². The second kappa shape index (κ2) is 7.69. The number of nitrogens with one attached hydrogen (secondary N) is 1. The summed E-state index contributed by atoms with van der Waals surface area (Å²) in [6.07, 6.45) is 6.61. The highest BCUT2D eigenvalue weighted by molar-refractivity contribution is 7.98. The minimum atomic E-state index is -0.0537. The summed E-state index contributed by atoms with van der Waals surface area (Å²) < 4.78 is 5.71. The smallest absolute Gasteiger partial charge is 0.289 e. The van der Waals surface area contributed by atoms with E-state index >= 15 is 0 Å². The fourth-order valence-electron chi connectivity index (χ4n) is 3.05. The van der Waals surface area contributed by atoms with Crippen molar-refractivity contribution in [3.8, 4) is 0 Å². The Morgan fingerprint density at radius 3 is 2.85 bits per heavy atom. The molecule has 4 heterocycles. The SMILES string of the molecule is O=C(c1ccc(CSc2ncn[nH]2)o1)N1CCC(c2ccncn2)CC1. The van der Waals surface area contributed by atoms with Crippen molar-refractivity contribution in [3.05, 3.63) is 54.3 Å². The third kappa shape index (κ3) is 3.77. The predicted molar refractivity (Wildman–Crippen MR) is 94.6 cm³/mol. The van der Waals surface area contributed by atoms with Crippen LogP contribution in [0.25, 0.3) is 0 Å². The molecular weight excluding hydrogens is 352 g/mol. The Hall–Kier alpha value is -2.68. The molecule has 1 fully saturated rings. The third-order valence-electron chi connectivity index (χ3n) is 4.42. The van der Waals surface area contributed by atoms with Crippen molar-refractivity contribution in [2.45, 2.75) is 29.7 Å². The molecule has 0 atom stereocenters. The number of nitrogens with zero attached hydrogens (tertiary/aromatic N) is 5. The molecule has 4 rings (SSSR count). The van der Waals surface area contributed by atoms with E-state index < -0.39 is 0 Å². The summed E-state index contributed by atoms with van der Waals surface area (Å²) in [5, 5.41) is 7.31. The average molecular weight is 370 g/mol. The minimum Gasteiger partial charge on any atom is -0.455 e. The average Bonchev–Trinajstić information content (AvgIpc) is 3.38. The molecule has 0 bridgehead atoms. The van der Waals surface area contributed by atoms with Gasteiger partial charge in [-0.3, -0.25) is 9.89 Å². The van der Waals surface area contributed by atoms with Gasteiger partial charge < -0.3 is 9.32 Å². The number of carbonyl (C=O) groups is 1. The highest BCUT2D eigenvalue weighted by atomic mass is 32.2. The highest BCUT2D eigenvalue weighted by Crippen LogP contribution is 2.27. The number of hydrogen-bond acceptors (Lipinski definition) is 7. The lowest BCUT2D eigenvalue weighted by Gasteiger charge is -2.31. The Bertz CT molecular complexity index is 843. The summed E-state index contributed by atoms with van der Waals surface area (Å²) in [6.45, 7) is 1.41. The van der Waals surface area contributed by atoms with Crippen LogP contribution in [0.5, 0.6) is 0 Å². The molecule has 1 N–H and O–H groups in total. The van der Waals surface area contributed by atoms with Gasteiger partial charge >= 0.3 is 0 Å². The molecule has 1 amide bonds. The van der Waals surface area contributed by atoms with Crippen LogP contribution in [0, 0.1) is 0 Å². The number of H-pyrrole nitrogens is 1. The van der Waals surface area contributed by atoms with Crippen LogP contribution in [0.15, 0.2) is 46.6 Å². The minimum absolute atomic E-state index is 0.0537. The number of rotatable bonds is 5. The van der Waals surface area contributed by atoms with Gasteiger partial charge in [-0.1, -0.05) is 11.8 Å². The molecule has 1 aliphatic rings. The first-order chi connectivity index (χ1) is 12.8. The van der Waals surface area contributed by atoms with Gasteiger partial charge in [0.05, 0.1) is 5.75 Å². The van der Waals surface area contributed by atoms with E-state index in [0.29, 0.717) is 30.5 Å².